The maximum atomic E-state index is 12.5. The Bertz CT molecular complexity index is 1300. The second-order valence-corrected chi connectivity index (χ2v) is 8.62. The lowest BCUT2D eigenvalue weighted by molar-refractivity contribution is -0.384. The van der Waals surface area contributed by atoms with Gasteiger partial charge in [0.25, 0.3) is 5.69 Å². The van der Waals surface area contributed by atoms with E-state index in [1.54, 1.807) is 24.3 Å². The van der Waals surface area contributed by atoms with Crippen LogP contribution < -0.4 is 4.74 Å². The van der Waals surface area contributed by atoms with E-state index in [1.165, 1.54) is 19.2 Å². The number of hydrogen-bond donors (Lipinski definition) is 1. The quantitative estimate of drug-likeness (QED) is 0.189. The van der Waals surface area contributed by atoms with Crippen molar-refractivity contribution in [3.63, 3.8) is 0 Å². The van der Waals surface area contributed by atoms with Crippen molar-refractivity contribution in [2.75, 3.05) is 7.11 Å². The van der Waals surface area contributed by atoms with Crippen LogP contribution in [0.2, 0.25) is 5.02 Å². The van der Waals surface area contributed by atoms with Crippen LogP contribution in [0.5, 0.6) is 5.75 Å². The first-order chi connectivity index (χ1) is 16.3. The average molecular weight is 474 g/mol. The molecule has 0 heterocycles. The minimum Gasteiger partial charge on any atom is -0.496 e. The third-order valence-corrected chi connectivity index (χ3v) is 6.33. The molecule has 4 aromatic carbocycles. The molecule has 0 radical (unpaired) electrons. The van der Waals surface area contributed by atoms with Gasteiger partial charge in [0.15, 0.2) is 0 Å². The molecule has 4 rings (SSSR count). The van der Waals surface area contributed by atoms with E-state index >= 15 is 0 Å². The number of benzene rings is 4. The van der Waals surface area contributed by atoms with E-state index in [4.69, 9.17) is 16.3 Å². The highest BCUT2D eigenvalue weighted by molar-refractivity contribution is 6.34. The van der Waals surface area contributed by atoms with E-state index in [-0.39, 0.29) is 16.3 Å². The van der Waals surface area contributed by atoms with Gasteiger partial charge in [-0.3, -0.25) is 10.1 Å². The maximum Gasteiger partial charge on any atom is 0.278 e. The second-order valence-electron chi connectivity index (χ2n) is 8.22. The largest absolute Gasteiger partial charge is 0.496 e. The van der Waals surface area contributed by atoms with Crippen LogP contribution in [0, 0.1) is 24.0 Å². The summed E-state index contributed by atoms with van der Waals surface area (Å²) >= 11 is 6.55. The van der Waals surface area contributed by atoms with Crippen molar-refractivity contribution in [2.45, 2.75) is 19.4 Å². The number of nitrogens with zero attached hydrogens (tertiary/aromatic N) is 1. The lowest BCUT2D eigenvalue weighted by Gasteiger charge is -2.33. The highest BCUT2D eigenvalue weighted by Gasteiger charge is 2.39. The number of methoxy groups -OCH3 is 1. The minimum atomic E-state index is -1.64. The van der Waals surface area contributed by atoms with E-state index < -0.39 is 10.5 Å². The van der Waals surface area contributed by atoms with Crippen LogP contribution in [-0.2, 0) is 5.60 Å². The van der Waals surface area contributed by atoms with Gasteiger partial charge < -0.3 is 9.84 Å². The molecule has 6 heteroatoms. The average Bonchev–Trinajstić information content (AvgIpc) is 2.83. The summed E-state index contributed by atoms with van der Waals surface area (Å²) in [5, 5.41) is 24.7. The number of rotatable bonds is 6. The molecule has 0 aliphatic heterocycles. The molecule has 5 nitrogen and oxygen atoms in total. The van der Waals surface area contributed by atoms with Gasteiger partial charge in [0.1, 0.15) is 11.4 Å². The molecule has 0 saturated heterocycles. The third kappa shape index (κ3) is 4.04. The molecule has 0 amide bonds. The van der Waals surface area contributed by atoms with Crippen LogP contribution in [-0.4, -0.2) is 17.1 Å². The molecule has 0 aliphatic rings. The van der Waals surface area contributed by atoms with Gasteiger partial charge in [-0.05, 0) is 37.1 Å². The molecule has 0 bridgehead atoms. The van der Waals surface area contributed by atoms with E-state index in [2.05, 4.69) is 0 Å². The van der Waals surface area contributed by atoms with Crippen LogP contribution in [0.4, 0.5) is 5.69 Å². The maximum absolute atomic E-state index is 12.5. The normalized spacial score (nSPS) is 11.3. The molecule has 0 unspecified atom stereocenters. The smallest absolute Gasteiger partial charge is 0.278 e. The Morgan fingerprint density at radius 2 is 1.35 bits per heavy atom. The Hall–Kier alpha value is -3.67. The Labute approximate surface area is 203 Å². The minimum absolute atomic E-state index is 0.173. The molecule has 4 aromatic rings. The Morgan fingerprint density at radius 3 is 1.85 bits per heavy atom. The topological polar surface area (TPSA) is 72.6 Å². The summed E-state index contributed by atoms with van der Waals surface area (Å²) < 4.78 is 5.64. The summed E-state index contributed by atoms with van der Waals surface area (Å²) in [6, 6.07) is 24.9. The van der Waals surface area contributed by atoms with Gasteiger partial charge in [0.2, 0.25) is 0 Å². The molecular formula is C28H24ClNO4. The zero-order valence-corrected chi connectivity index (χ0v) is 19.8. The number of ether oxygens (including phenoxy) is 1. The molecule has 1 N–H and O–H groups in total. The fraction of sp³-hybridized carbons (Fsp3) is 0.143. The summed E-state index contributed by atoms with van der Waals surface area (Å²) in [5.41, 5.74) is 2.50. The van der Waals surface area contributed by atoms with Crippen molar-refractivity contribution < 1.29 is 14.8 Å². The van der Waals surface area contributed by atoms with E-state index in [0.717, 1.165) is 11.1 Å². The van der Waals surface area contributed by atoms with Crippen LogP contribution in [0.15, 0.2) is 84.9 Å². The second kappa shape index (κ2) is 9.29. The number of aliphatic hydroxyl groups is 1. The van der Waals surface area contributed by atoms with Gasteiger partial charge in [-0.1, -0.05) is 89.5 Å². The van der Waals surface area contributed by atoms with Gasteiger partial charge >= 0.3 is 0 Å². The SMILES string of the molecule is COc1cccc(C(O)(c2ccc(C)cc2)c2ccc(C)cc2)c1-c1c(Cl)cccc1[N+](=O)[O-]. The van der Waals surface area contributed by atoms with Gasteiger partial charge in [-0.25, -0.2) is 0 Å². The lowest BCUT2D eigenvalue weighted by Crippen LogP contribution is -2.30. The Balaban J connectivity index is 2.14. The molecule has 0 aliphatic carbocycles. The number of aryl methyl sites for hydroxylation is 2. The predicted molar refractivity (Wildman–Crippen MR) is 135 cm³/mol. The predicted octanol–water partition coefficient (Wildman–Crippen LogP) is 6.82. The van der Waals surface area contributed by atoms with Gasteiger partial charge in [-0.2, -0.15) is 0 Å². The number of nitro benzene ring substituents is 1. The molecular weight excluding hydrogens is 450 g/mol. The Morgan fingerprint density at radius 1 is 0.824 bits per heavy atom. The summed E-state index contributed by atoms with van der Waals surface area (Å²) in [4.78, 5) is 11.5. The van der Waals surface area contributed by atoms with E-state index in [9.17, 15) is 15.2 Å². The van der Waals surface area contributed by atoms with E-state index in [0.29, 0.717) is 28.0 Å². The first kappa shape index (κ1) is 23.5. The molecule has 0 atom stereocenters. The molecule has 0 spiro atoms. The summed E-state index contributed by atoms with van der Waals surface area (Å²) in [6.45, 7) is 3.94. The first-order valence-electron chi connectivity index (χ1n) is 10.7. The zero-order valence-electron chi connectivity index (χ0n) is 19.1. The van der Waals surface area contributed by atoms with Crippen molar-refractivity contribution >= 4 is 17.3 Å². The molecule has 34 heavy (non-hydrogen) atoms. The van der Waals surface area contributed by atoms with Crippen molar-refractivity contribution in [1.82, 2.24) is 0 Å². The van der Waals surface area contributed by atoms with Crippen LogP contribution in [0.1, 0.15) is 27.8 Å². The monoisotopic (exact) mass is 473 g/mol. The fourth-order valence-electron chi connectivity index (χ4n) is 4.24. The first-order valence-corrected chi connectivity index (χ1v) is 11.1. The lowest BCUT2D eigenvalue weighted by atomic mass is 9.76. The van der Waals surface area contributed by atoms with Crippen LogP contribution in [0.25, 0.3) is 11.1 Å². The van der Waals surface area contributed by atoms with Gasteiger partial charge in [-0.15, -0.1) is 0 Å². The zero-order chi connectivity index (χ0) is 24.5. The molecule has 0 aromatic heterocycles. The summed E-state index contributed by atoms with van der Waals surface area (Å²) in [6.07, 6.45) is 0. The van der Waals surface area contributed by atoms with Crippen molar-refractivity contribution in [3.8, 4) is 16.9 Å². The standard InChI is InChI=1S/C28H24ClNO4/c1-18-10-14-20(15-11-18)28(31,21-16-12-19(2)13-17-21)22-6-4-9-25(34-3)26(22)27-23(29)7-5-8-24(27)30(32)33/h4-17,31H,1-3H3. The number of hydrogen-bond acceptors (Lipinski definition) is 4. The van der Waals surface area contributed by atoms with E-state index in [1.807, 2.05) is 62.4 Å². The summed E-state index contributed by atoms with van der Waals surface area (Å²) in [5.74, 6) is 0.367. The third-order valence-electron chi connectivity index (χ3n) is 6.01. The number of halogens is 1. The highest BCUT2D eigenvalue weighted by Crippen LogP contribution is 2.49. The van der Waals surface area contributed by atoms with Crippen LogP contribution >= 0.6 is 11.6 Å². The van der Waals surface area contributed by atoms with Gasteiger partial charge in [0.05, 0.1) is 22.6 Å². The summed E-state index contributed by atoms with van der Waals surface area (Å²) in [7, 11) is 1.49. The van der Waals surface area contributed by atoms with Crippen molar-refractivity contribution in [2.24, 2.45) is 0 Å². The van der Waals surface area contributed by atoms with Crippen molar-refractivity contribution in [1.29, 1.82) is 0 Å². The van der Waals surface area contributed by atoms with Crippen LogP contribution in [0.3, 0.4) is 0 Å². The molecule has 172 valence electrons. The number of nitro groups is 1. The van der Waals surface area contributed by atoms with Gasteiger partial charge in [0, 0.05) is 17.2 Å². The fourth-order valence-corrected chi connectivity index (χ4v) is 4.50. The highest BCUT2D eigenvalue weighted by atomic mass is 35.5. The molecule has 0 fully saturated rings. The van der Waals surface area contributed by atoms with Crippen molar-refractivity contribution in [3.05, 3.63) is 128 Å². The Kier molecular flexibility index (Phi) is 6.42. The molecule has 0 saturated carbocycles.